The van der Waals surface area contributed by atoms with E-state index in [1.165, 1.54) is 32.1 Å². The summed E-state index contributed by atoms with van der Waals surface area (Å²) in [5, 5.41) is 0. The van der Waals surface area contributed by atoms with Crippen LogP contribution in [0.4, 0.5) is 4.79 Å². The Morgan fingerprint density at radius 3 is 2.45 bits per heavy atom. The lowest BCUT2D eigenvalue weighted by molar-refractivity contribution is -0.0713. The molecule has 4 fully saturated rings. The van der Waals surface area contributed by atoms with Gasteiger partial charge in [-0.2, -0.15) is 0 Å². The van der Waals surface area contributed by atoms with E-state index in [-0.39, 0.29) is 17.8 Å². The van der Waals surface area contributed by atoms with E-state index >= 15 is 0 Å². The third-order valence-corrected chi connectivity index (χ3v) is 6.02. The van der Waals surface area contributed by atoms with Gasteiger partial charge in [-0.25, -0.2) is 4.79 Å². The van der Waals surface area contributed by atoms with E-state index in [0.717, 1.165) is 45.4 Å². The van der Waals surface area contributed by atoms with Crippen molar-refractivity contribution in [2.45, 2.75) is 69.5 Å². The Hall–Kier alpha value is -0.770. The molecule has 1 amide bonds. The number of rotatable bonds is 1. The highest BCUT2D eigenvalue weighted by Crippen LogP contribution is 2.49. The summed E-state index contributed by atoms with van der Waals surface area (Å²) in [4.78, 5) is 14.2. The predicted molar refractivity (Wildman–Crippen MR) is 74.5 cm³/mol. The van der Waals surface area contributed by atoms with E-state index in [0.29, 0.717) is 5.41 Å². The number of hydrogen-bond donors (Lipinski definition) is 0. The molecule has 4 nitrogen and oxygen atoms in total. The highest BCUT2D eigenvalue weighted by Gasteiger charge is 2.49. The Bertz CT molecular complexity index is 391. The van der Waals surface area contributed by atoms with Gasteiger partial charge in [-0.15, -0.1) is 0 Å². The van der Waals surface area contributed by atoms with Gasteiger partial charge in [0.25, 0.3) is 0 Å². The first-order chi connectivity index (χ1) is 9.69. The molecule has 112 valence electrons. The average molecular weight is 279 g/mol. The molecule has 1 unspecified atom stereocenters. The van der Waals surface area contributed by atoms with Gasteiger partial charge in [0.05, 0.1) is 12.2 Å². The quantitative estimate of drug-likeness (QED) is 0.740. The average Bonchev–Trinajstić information content (AvgIpc) is 3.16. The number of ether oxygens (including phenoxy) is 2. The summed E-state index contributed by atoms with van der Waals surface area (Å²) in [6.07, 6.45) is 10.6. The number of piperidine rings is 1. The minimum absolute atomic E-state index is 0.0816. The Labute approximate surface area is 120 Å². The fourth-order valence-corrected chi connectivity index (χ4v) is 4.13. The van der Waals surface area contributed by atoms with Crippen LogP contribution in [-0.2, 0) is 9.47 Å². The topological polar surface area (TPSA) is 38.8 Å². The Morgan fingerprint density at radius 2 is 1.85 bits per heavy atom. The zero-order valence-corrected chi connectivity index (χ0v) is 12.2. The van der Waals surface area contributed by atoms with Crippen LogP contribution < -0.4 is 0 Å². The largest absolute Gasteiger partial charge is 0.446 e. The summed E-state index contributed by atoms with van der Waals surface area (Å²) < 4.78 is 11.5. The zero-order chi connectivity index (χ0) is 13.6. The van der Waals surface area contributed by atoms with Gasteiger partial charge in [-0.1, -0.05) is 6.42 Å². The zero-order valence-electron chi connectivity index (χ0n) is 12.2. The Morgan fingerprint density at radius 1 is 1.10 bits per heavy atom. The van der Waals surface area contributed by atoms with Crippen LogP contribution >= 0.6 is 0 Å². The van der Waals surface area contributed by atoms with Gasteiger partial charge in [-0.3, -0.25) is 0 Å². The molecule has 2 saturated carbocycles. The van der Waals surface area contributed by atoms with Gasteiger partial charge in [0.15, 0.2) is 0 Å². The Balaban J connectivity index is 1.27. The number of carbonyl (C=O) groups excluding carboxylic acids is 1. The van der Waals surface area contributed by atoms with Crippen LogP contribution in [0, 0.1) is 5.41 Å². The molecule has 0 aromatic heterocycles. The van der Waals surface area contributed by atoms with E-state index in [9.17, 15) is 4.79 Å². The summed E-state index contributed by atoms with van der Waals surface area (Å²) in [6, 6.07) is 0. The SMILES string of the molecule is O=C(OC1CCOC2(CC2)C1)N1CCC2(CCC2)CC1. The van der Waals surface area contributed by atoms with E-state index in [1.807, 2.05) is 4.90 Å². The van der Waals surface area contributed by atoms with Crippen LogP contribution in [0.3, 0.4) is 0 Å². The van der Waals surface area contributed by atoms with Crippen molar-refractivity contribution in [2.24, 2.45) is 5.41 Å². The first kappa shape index (κ1) is 12.9. The third kappa shape index (κ3) is 2.32. The summed E-state index contributed by atoms with van der Waals surface area (Å²) in [5.74, 6) is 0. The summed E-state index contributed by atoms with van der Waals surface area (Å²) >= 11 is 0. The van der Waals surface area contributed by atoms with Crippen LogP contribution in [0.15, 0.2) is 0 Å². The molecule has 2 saturated heterocycles. The van der Waals surface area contributed by atoms with Crippen LogP contribution in [0.25, 0.3) is 0 Å². The van der Waals surface area contributed by atoms with E-state index in [2.05, 4.69) is 0 Å². The van der Waals surface area contributed by atoms with Crippen molar-refractivity contribution in [3.8, 4) is 0 Å². The van der Waals surface area contributed by atoms with Gasteiger partial charge < -0.3 is 14.4 Å². The molecule has 2 aliphatic heterocycles. The first-order valence-corrected chi connectivity index (χ1v) is 8.28. The molecule has 4 heteroatoms. The highest BCUT2D eigenvalue weighted by molar-refractivity contribution is 5.68. The molecular formula is C16H25NO3. The predicted octanol–water partition coefficient (Wildman–Crippen LogP) is 3.10. The molecule has 0 N–H and O–H groups in total. The monoisotopic (exact) mass is 279 g/mol. The van der Waals surface area contributed by atoms with Crippen molar-refractivity contribution in [3.05, 3.63) is 0 Å². The van der Waals surface area contributed by atoms with Crippen LogP contribution in [0.5, 0.6) is 0 Å². The molecule has 0 bridgehead atoms. The second-order valence-corrected chi connectivity index (χ2v) is 7.37. The maximum absolute atomic E-state index is 12.3. The number of carbonyl (C=O) groups is 1. The van der Waals surface area contributed by atoms with Gasteiger partial charge in [-0.05, 0) is 43.9 Å². The molecular weight excluding hydrogens is 254 g/mol. The maximum atomic E-state index is 12.3. The lowest BCUT2D eigenvalue weighted by atomic mass is 9.63. The number of hydrogen-bond acceptors (Lipinski definition) is 3. The van der Waals surface area contributed by atoms with Crippen LogP contribution in [-0.4, -0.2) is 42.4 Å². The van der Waals surface area contributed by atoms with Crippen molar-refractivity contribution in [2.75, 3.05) is 19.7 Å². The van der Waals surface area contributed by atoms with E-state index < -0.39 is 0 Å². The second kappa shape index (κ2) is 4.62. The molecule has 0 radical (unpaired) electrons. The van der Waals surface area contributed by atoms with Crippen molar-refractivity contribution >= 4 is 6.09 Å². The second-order valence-electron chi connectivity index (χ2n) is 7.37. The minimum Gasteiger partial charge on any atom is -0.446 e. The molecule has 0 aromatic carbocycles. The smallest absolute Gasteiger partial charge is 0.410 e. The van der Waals surface area contributed by atoms with E-state index in [4.69, 9.17) is 9.47 Å². The van der Waals surface area contributed by atoms with Crippen LogP contribution in [0.2, 0.25) is 0 Å². The summed E-state index contributed by atoms with van der Waals surface area (Å²) in [5.41, 5.74) is 0.675. The molecule has 4 rings (SSSR count). The molecule has 0 aromatic rings. The summed E-state index contributed by atoms with van der Waals surface area (Å²) in [6.45, 7) is 2.54. The van der Waals surface area contributed by atoms with Crippen LogP contribution in [0.1, 0.15) is 57.8 Å². The lowest BCUT2D eigenvalue weighted by Gasteiger charge is -2.47. The number of nitrogens with zero attached hydrogens (tertiary/aromatic N) is 1. The van der Waals surface area contributed by atoms with Gasteiger partial charge in [0.2, 0.25) is 0 Å². The number of amides is 1. The Kier molecular flexibility index (Phi) is 2.99. The number of likely N-dealkylation sites (tertiary alicyclic amines) is 1. The normalized spacial score (nSPS) is 33.8. The molecule has 2 aliphatic carbocycles. The molecule has 20 heavy (non-hydrogen) atoms. The molecule has 1 atom stereocenters. The van der Waals surface area contributed by atoms with Gasteiger partial charge in [0, 0.05) is 25.9 Å². The van der Waals surface area contributed by atoms with Gasteiger partial charge in [0.1, 0.15) is 6.10 Å². The van der Waals surface area contributed by atoms with Crippen molar-refractivity contribution < 1.29 is 14.3 Å². The maximum Gasteiger partial charge on any atom is 0.410 e. The lowest BCUT2D eigenvalue weighted by Crippen LogP contribution is -2.47. The fraction of sp³-hybridized carbons (Fsp3) is 0.938. The van der Waals surface area contributed by atoms with Gasteiger partial charge >= 0.3 is 6.09 Å². The molecule has 2 spiro atoms. The van der Waals surface area contributed by atoms with Crippen molar-refractivity contribution in [1.29, 1.82) is 0 Å². The molecule has 2 heterocycles. The van der Waals surface area contributed by atoms with Crippen molar-refractivity contribution in [1.82, 2.24) is 4.90 Å². The molecule has 4 aliphatic rings. The highest BCUT2D eigenvalue weighted by atomic mass is 16.6. The minimum atomic E-state index is -0.0816. The standard InChI is InChI=1S/C16H25NO3/c18-14(17-9-7-15(8-10-17)3-1-4-15)20-13-2-11-19-16(12-13)5-6-16/h13H,1-12H2. The summed E-state index contributed by atoms with van der Waals surface area (Å²) in [7, 11) is 0. The first-order valence-electron chi connectivity index (χ1n) is 8.28. The fourth-order valence-electron chi connectivity index (χ4n) is 4.13. The van der Waals surface area contributed by atoms with Crippen molar-refractivity contribution in [3.63, 3.8) is 0 Å². The third-order valence-electron chi connectivity index (χ3n) is 6.02. The van der Waals surface area contributed by atoms with E-state index in [1.54, 1.807) is 0 Å².